The third-order valence-electron chi connectivity index (χ3n) is 2.28. The van der Waals surface area contributed by atoms with Gasteiger partial charge in [-0.15, -0.1) is 0 Å². The van der Waals surface area contributed by atoms with Crippen molar-refractivity contribution in [2.45, 2.75) is 26.4 Å². The van der Waals surface area contributed by atoms with E-state index in [1.54, 1.807) is 12.1 Å². The Morgan fingerprint density at radius 1 is 1.33 bits per heavy atom. The van der Waals surface area contributed by atoms with Crippen molar-refractivity contribution in [1.29, 1.82) is 0 Å². The lowest BCUT2D eigenvalue weighted by Crippen LogP contribution is -2.02. The van der Waals surface area contributed by atoms with Crippen LogP contribution in [0.3, 0.4) is 0 Å². The molecule has 0 spiro atoms. The van der Waals surface area contributed by atoms with E-state index < -0.39 is 6.10 Å². The van der Waals surface area contributed by atoms with Crippen molar-refractivity contribution in [3.8, 4) is 11.5 Å². The Kier molecular flexibility index (Phi) is 3.97. The molecule has 0 saturated carbocycles. The average Bonchev–Trinajstić information content (AvgIpc) is 2.17. The molecule has 1 aromatic rings. The molecule has 3 nitrogen and oxygen atoms in total. The van der Waals surface area contributed by atoms with E-state index in [-0.39, 0.29) is 5.75 Å². The molecule has 15 heavy (non-hydrogen) atoms. The fraction of sp³-hybridized carbons (Fsp3) is 0.500. The van der Waals surface area contributed by atoms with Gasteiger partial charge in [0.2, 0.25) is 0 Å². The Morgan fingerprint density at radius 3 is 2.53 bits per heavy atom. The minimum absolute atomic E-state index is 0.0954. The van der Waals surface area contributed by atoms with Crippen LogP contribution in [0.2, 0.25) is 0 Å². The van der Waals surface area contributed by atoms with Gasteiger partial charge in [-0.1, -0.05) is 19.9 Å². The number of aliphatic hydroxyl groups is 1. The highest BCUT2D eigenvalue weighted by molar-refractivity contribution is 5.42. The Morgan fingerprint density at radius 2 is 2.00 bits per heavy atom. The number of hydrogen-bond donors (Lipinski definition) is 2. The highest BCUT2D eigenvalue weighted by Crippen LogP contribution is 2.30. The van der Waals surface area contributed by atoms with Crippen molar-refractivity contribution in [3.63, 3.8) is 0 Å². The van der Waals surface area contributed by atoms with Gasteiger partial charge in [-0.3, -0.25) is 0 Å². The molecular formula is C12H18O3. The summed E-state index contributed by atoms with van der Waals surface area (Å²) in [4.78, 5) is 0. The van der Waals surface area contributed by atoms with E-state index in [0.717, 1.165) is 5.56 Å². The standard InChI is InChI=1S/C12H18O3/c1-8(2)6-11(14)9-4-5-10(13)12(7-9)15-3/h4-5,7-8,11,13-14H,6H2,1-3H3. The van der Waals surface area contributed by atoms with Crippen LogP contribution in [-0.4, -0.2) is 17.3 Å². The molecule has 0 fully saturated rings. The maximum Gasteiger partial charge on any atom is 0.160 e. The highest BCUT2D eigenvalue weighted by Gasteiger charge is 2.12. The number of ether oxygens (including phenoxy) is 1. The van der Waals surface area contributed by atoms with Gasteiger partial charge in [-0.25, -0.2) is 0 Å². The monoisotopic (exact) mass is 210 g/mol. The molecule has 84 valence electrons. The maximum atomic E-state index is 9.86. The summed E-state index contributed by atoms with van der Waals surface area (Å²) >= 11 is 0. The summed E-state index contributed by atoms with van der Waals surface area (Å²) in [5, 5.41) is 19.3. The number of aromatic hydroxyl groups is 1. The zero-order valence-electron chi connectivity index (χ0n) is 9.40. The molecule has 2 N–H and O–H groups in total. The Balaban J connectivity index is 2.85. The second kappa shape index (κ2) is 5.03. The first-order valence-electron chi connectivity index (χ1n) is 5.09. The molecule has 0 heterocycles. The third-order valence-corrected chi connectivity index (χ3v) is 2.28. The molecule has 0 aromatic heterocycles. The van der Waals surface area contributed by atoms with E-state index in [9.17, 15) is 10.2 Å². The second-order valence-electron chi connectivity index (χ2n) is 4.08. The number of rotatable bonds is 4. The van der Waals surface area contributed by atoms with Crippen LogP contribution in [0.15, 0.2) is 18.2 Å². The molecule has 1 atom stereocenters. The molecule has 0 amide bonds. The van der Waals surface area contributed by atoms with Gasteiger partial charge in [-0.05, 0) is 30.0 Å². The number of phenolic OH excluding ortho intramolecular Hbond substituents is 1. The summed E-state index contributed by atoms with van der Waals surface area (Å²) in [6.07, 6.45) is 0.202. The first kappa shape index (κ1) is 11.9. The van der Waals surface area contributed by atoms with E-state index in [0.29, 0.717) is 18.1 Å². The van der Waals surface area contributed by atoms with E-state index >= 15 is 0 Å². The lowest BCUT2D eigenvalue weighted by Gasteiger charge is -2.14. The van der Waals surface area contributed by atoms with Crippen molar-refractivity contribution >= 4 is 0 Å². The molecule has 3 heteroatoms. The van der Waals surface area contributed by atoms with E-state index in [1.165, 1.54) is 13.2 Å². The maximum absolute atomic E-state index is 9.86. The van der Waals surface area contributed by atoms with Gasteiger partial charge < -0.3 is 14.9 Å². The van der Waals surface area contributed by atoms with Crippen molar-refractivity contribution in [2.75, 3.05) is 7.11 Å². The Labute approximate surface area is 90.3 Å². The molecule has 1 rings (SSSR count). The van der Waals surface area contributed by atoms with Gasteiger partial charge in [-0.2, -0.15) is 0 Å². The SMILES string of the molecule is COc1cc(C(O)CC(C)C)ccc1O. The predicted molar refractivity (Wildman–Crippen MR) is 59.1 cm³/mol. The molecule has 0 aliphatic rings. The van der Waals surface area contributed by atoms with E-state index in [1.807, 2.05) is 0 Å². The minimum Gasteiger partial charge on any atom is -0.504 e. The number of benzene rings is 1. The van der Waals surface area contributed by atoms with Crippen LogP contribution in [0, 0.1) is 5.92 Å². The van der Waals surface area contributed by atoms with Crippen LogP contribution >= 0.6 is 0 Å². The van der Waals surface area contributed by atoms with E-state index in [2.05, 4.69) is 13.8 Å². The highest BCUT2D eigenvalue weighted by atomic mass is 16.5. The smallest absolute Gasteiger partial charge is 0.160 e. The van der Waals surface area contributed by atoms with Crippen molar-refractivity contribution in [2.24, 2.45) is 5.92 Å². The Hall–Kier alpha value is -1.22. The van der Waals surface area contributed by atoms with Gasteiger partial charge in [0.15, 0.2) is 11.5 Å². The molecule has 1 aromatic carbocycles. The largest absolute Gasteiger partial charge is 0.504 e. The molecule has 0 aliphatic heterocycles. The molecule has 0 bridgehead atoms. The van der Waals surface area contributed by atoms with Gasteiger partial charge >= 0.3 is 0 Å². The molecule has 0 aliphatic carbocycles. The minimum atomic E-state index is -0.500. The van der Waals surface area contributed by atoms with Crippen LogP contribution in [0.25, 0.3) is 0 Å². The normalized spacial score (nSPS) is 12.9. The molecule has 0 radical (unpaired) electrons. The molecular weight excluding hydrogens is 192 g/mol. The van der Waals surface area contributed by atoms with Crippen LogP contribution in [0.5, 0.6) is 11.5 Å². The first-order chi connectivity index (χ1) is 7.04. The van der Waals surface area contributed by atoms with Crippen LogP contribution in [0.1, 0.15) is 31.9 Å². The van der Waals surface area contributed by atoms with Gasteiger partial charge in [0.25, 0.3) is 0 Å². The van der Waals surface area contributed by atoms with Crippen LogP contribution < -0.4 is 4.74 Å². The zero-order valence-corrected chi connectivity index (χ0v) is 9.40. The van der Waals surface area contributed by atoms with Crippen LogP contribution in [0.4, 0.5) is 0 Å². The molecule has 1 unspecified atom stereocenters. The quantitative estimate of drug-likeness (QED) is 0.802. The molecule has 0 saturated heterocycles. The van der Waals surface area contributed by atoms with Gasteiger partial charge in [0.1, 0.15) is 0 Å². The zero-order chi connectivity index (χ0) is 11.4. The third kappa shape index (κ3) is 3.13. The first-order valence-corrected chi connectivity index (χ1v) is 5.09. The fourth-order valence-electron chi connectivity index (χ4n) is 1.48. The summed E-state index contributed by atoms with van der Waals surface area (Å²) in [6.45, 7) is 4.11. The topological polar surface area (TPSA) is 49.7 Å². The summed E-state index contributed by atoms with van der Waals surface area (Å²) in [6, 6.07) is 4.92. The Bertz CT molecular complexity index is 321. The van der Waals surface area contributed by atoms with Gasteiger partial charge in [0, 0.05) is 0 Å². The summed E-state index contributed by atoms with van der Waals surface area (Å²) in [5.74, 6) is 0.924. The number of aliphatic hydroxyl groups excluding tert-OH is 1. The average molecular weight is 210 g/mol. The number of phenols is 1. The summed E-state index contributed by atoms with van der Waals surface area (Å²) < 4.78 is 4.98. The second-order valence-corrected chi connectivity index (χ2v) is 4.08. The summed E-state index contributed by atoms with van der Waals surface area (Å²) in [7, 11) is 1.49. The van der Waals surface area contributed by atoms with Crippen LogP contribution in [-0.2, 0) is 0 Å². The van der Waals surface area contributed by atoms with Crippen molar-refractivity contribution in [1.82, 2.24) is 0 Å². The number of methoxy groups -OCH3 is 1. The fourth-order valence-corrected chi connectivity index (χ4v) is 1.48. The summed E-state index contributed by atoms with van der Waals surface area (Å²) in [5.41, 5.74) is 0.776. The predicted octanol–water partition coefficient (Wildman–Crippen LogP) is 2.48. The lowest BCUT2D eigenvalue weighted by atomic mass is 9.99. The lowest BCUT2D eigenvalue weighted by molar-refractivity contribution is 0.150. The van der Waals surface area contributed by atoms with E-state index in [4.69, 9.17) is 4.74 Å². The van der Waals surface area contributed by atoms with Crippen molar-refractivity contribution < 1.29 is 14.9 Å². The van der Waals surface area contributed by atoms with Gasteiger partial charge in [0.05, 0.1) is 13.2 Å². The van der Waals surface area contributed by atoms with Crippen molar-refractivity contribution in [3.05, 3.63) is 23.8 Å². The number of hydrogen-bond acceptors (Lipinski definition) is 3.